The van der Waals surface area contributed by atoms with Gasteiger partial charge in [0, 0.05) is 50.1 Å². The minimum Gasteiger partial charge on any atom is -0.496 e. The first-order valence-corrected chi connectivity index (χ1v) is 11.2. The van der Waals surface area contributed by atoms with Crippen LogP contribution in [-0.2, 0) is 30.4 Å². The smallest absolute Gasteiger partial charge is 0.348 e. The molecule has 1 saturated carbocycles. The van der Waals surface area contributed by atoms with Gasteiger partial charge in [0.15, 0.2) is 11.6 Å². The molecule has 190 valence electrons. The zero-order chi connectivity index (χ0) is 25.4. The van der Waals surface area contributed by atoms with Crippen molar-refractivity contribution >= 4 is 17.8 Å². The number of amides is 1. The molecule has 1 spiro atoms. The third-order valence-electron chi connectivity index (χ3n) is 6.32. The van der Waals surface area contributed by atoms with Gasteiger partial charge in [0.05, 0.1) is 13.2 Å². The summed E-state index contributed by atoms with van der Waals surface area (Å²) in [7, 11) is 1.37. The highest BCUT2D eigenvalue weighted by Gasteiger charge is 2.51. The van der Waals surface area contributed by atoms with Gasteiger partial charge in [-0.15, -0.1) is 0 Å². The summed E-state index contributed by atoms with van der Waals surface area (Å²) >= 11 is 0. The Morgan fingerprint density at radius 1 is 1.17 bits per heavy atom. The first-order valence-electron chi connectivity index (χ1n) is 11.2. The van der Waals surface area contributed by atoms with Gasteiger partial charge >= 0.3 is 17.8 Å². The Bertz CT molecular complexity index is 1070. The number of esters is 2. The number of benzene rings is 1. The van der Waals surface area contributed by atoms with E-state index in [4.69, 9.17) is 24.7 Å². The van der Waals surface area contributed by atoms with Crippen LogP contribution < -0.4 is 15.2 Å². The molecular weight excluding hydrogens is 473 g/mol. The molecule has 0 aromatic heterocycles. The molecule has 1 amide bonds. The standard InChI is InChI=1S/C23H25F3N2O7/c1-32-17-11-18(33-14-3-6-22(25,26)7-4-14)16(24)9-13(17)12-28-8-2-5-23(28)34-19(29)10-15(20(27)30)21(31)35-23/h9-11,14H,2-8,12H2,1H3,(H2,27,30)/t23-/m0/s1. The monoisotopic (exact) mass is 498 g/mol. The van der Waals surface area contributed by atoms with E-state index in [0.717, 1.165) is 0 Å². The van der Waals surface area contributed by atoms with Gasteiger partial charge in [-0.25, -0.2) is 27.7 Å². The molecule has 2 N–H and O–H groups in total. The number of carbonyl (C=O) groups excluding carboxylic acids is 3. The van der Waals surface area contributed by atoms with Crippen LogP contribution in [0, 0.1) is 5.82 Å². The van der Waals surface area contributed by atoms with Crippen molar-refractivity contribution < 1.29 is 46.5 Å². The summed E-state index contributed by atoms with van der Waals surface area (Å²) in [5, 5.41) is 0. The Balaban J connectivity index is 1.53. The van der Waals surface area contributed by atoms with Crippen molar-refractivity contribution in [1.82, 2.24) is 4.90 Å². The highest BCUT2D eigenvalue weighted by atomic mass is 19.3. The van der Waals surface area contributed by atoms with Gasteiger partial charge in [0.25, 0.3) is 5.91 Å². The number of nitrogens with two attached hydrogens (primary N) is 1. The van der Waals surface area contributed by atoms with E-state index in [1.165, 1.54) is 24.1 Å². The third-order valence-corrected chi connectivity index (χ3v) is 6.32. The average Bonchev–Trinajstić information content (AvgIpc) is 3.09. The first-order chi connectivity index (χ1) is 16.5. The fraction of sp³-hybridized carbons (Fsp3) is 0.522. The van der Waals surface area contributed by atoms with Crippen molar-refractivity contribution in [3.05, 3.63) is 35.2 Å². The molecule has 12 heteroatoms. The maximum absolute atomic E-state index is 14.9. The topological polar surface area (TPSA) is 117 Å². The molecule has 9 nitrogen and oxygen atoms in total. The molecular formula is C23H25F3N2O7. The van der Waals surface area contributed by atoms with Gasteiger partial charge < -0.3 is 24.7 Å². The number of primary amides is 1. The van der Waals surface area contributed by atoms with Crippen LogP contribution in [0.4, 0.5) is 13.2 Å². The number of likely N-dealkylation sites (tertiary alicyclic amines) is 1. The molecule has 0 radical (unpaired) electrons. The summed E-state index contributed by atoms with van der Waals surface area (Å²) in [5.41, 5.74) is 4.85. The summed E-state index contributed by atoms with van der Waals surface area (Å²) < 4.78 is 63.5. The minimum absolute atomic E-state index is 0.0392. The Morgan fingerprint density at radius 2 is 1.89 bits per heavy atom. The van der Waals surface area contributed by atoms with Crippen molar-refractivity contribution in [3.8, 4) is 11.5 Å². The number of alkyl halides is 2. The Labute approximate surface area is 198 Å². The van der Waals surface area contributed by atoms with E-state index in [9.17, 15) is 27.6 Å². The fourth-order valence-corrected chi connectivity index (χ4v) is 4.50. The summed E-state index contributed by atoms with van der Waals surface area (Å²) in [6.07, 6.45) is 0.301. The van der Waals surface area contributed by atoms with Gasteiger partial charge in [-0.3, -0.25) is 4.79 Å². The lowest BCUT2D eigenvalue weighted by atomic mass is 9.94. The van der Waals surface area contributed by atoms with Crippen LogP contribution in [-0.4, -0.2) is 54.3 Å². The third kappa shape index (κ3) is 5.21. The number of nitrogens with zero attached hydrogens (tertiary/aromatic N) is 1. The predicted molar refractivity (Wildman–Crippen MR) is 113 cm³/mol. The van der Waals surface area contributed by atoms with Crippen LogP contribution in [0.3, 0.4) is 0 Å². The molecule has 1 aromatic rings. The van der Waals surface area contributed by atoms with E-state index >= 15 is 0 Å². The van der Waals surface area contributed by atoms with Gasteiger partial charge in [-0.05, 0) is 25.3 Å². The lowest BCUT2D eigenvalue weighted by Crippen LogP contribution is -2.49. The predicted octanol–water partition coefficient (Wildman–Crippen LogP) is 2.55. The van der Waals surface area contributed by atoms with Crippen LogP contribution in [0.5, 0.6) is 11.5 Å². The highest BCUT2D eigenvalue weighted by molar-refractivity contribution is 6.19. The Morgan fingerprint density at radius 3 is 2.54 bits per heavy atom. The second kappa shape index (κ2) is 9.40. The van der Waals surface area contributed by atoms with Gasteiger partial charge in [0.2, 0.25) is 5.92 Å². The van der Waals surface area contributed by atoms with Gasteiger partial charge in [-0.1, -0.05) is 0 Å². The molecule has 2 fully saturated rings. The molecule has 0 unspecified atom stereocenters. The lowest BCUT2D eigenvalue weighted by molar-refractivity contribution is -0.271. The first kappa shape index (κ1) is 24.8. The van der Waals surface area contributed by atoms with Crippen molar-refractivity contribution in [1.29, 1.82) is 0 Å². The number of hydrogen-bond donors (Lipinski definition) is 1. The van der Waals surface area contributed by atoms with E-state index < -0.39 is 47.2 Å². The summed E-state index contributed by atoms with van der Waals surface area (Å²) in [6, 6.07) is 2.50. The number of halogens is 3. The fourth-order valence-electron chi connectivity index (χ4n) is 4.50. The second-order valence-electron chi connectivity index (χ2n) is 8.74. The summed E-state index contributed by atoms with van der Waals surface area (Å²) in [4.78, 5) is 37.7. The SMILES string of the molecule is COc1cc(OC2CCC(F)(F)CC2)c(F)cc1CN1CCC[C@@]12OC(=O)C=C(C(N)=O)C(=O)O2. The van der Waals surface area contributed by atoms with E-state index in [1.54, 1.807) is 0 Å². The number of hydrogen-bond acceptors (Lipinski definition) is 8. The van der Waals surface area contributed by atoms with Crippen LogP contribution in [0.2, 0.25) is 0 Å². The zero-order valence-electron chi connectivity index (χ0n) is 19.0. The van der Waals surface area contributed by atoms with Crippen molar-refractivity contribution in [2.45, 2.75) is 63.0 Å². The minimum atomic E-state index is -2.73. The second-order valence-corrected chi connectivity index (χ2v) is 8.74. The van der Waals surface area contributed by atoms with Crippen molar-refractivity contribution in [2.75, 3.05) is 13.7 Å². The molecule has 1 aromatic carbocycles. The lowest BCUT2D eigenvalue weighted by Gasteiger charge is -2.35. The molecule has 1 aliphatic carbocycles. The Kier molecular flexibility index (Phi) is 6.67. The number of ether oxygens (including phenoxy) is 4. The molecule has 1 atom stereocenters. The van der Waals surface area contributed by atoms with Crippen molar-refractivity contribution in [3.63, 3.8) is 0 Å². The molecule has 4 rings (SSSR count). The molecule has 2 aliphatic heterocycles. The number of rotatable bonds is 6. The highest BCUT2D eigenvalue weighted by Crippen LogP contribution is 2.39. The van der Waals surface area contributed by atoms with Crippen LogP contribution >= 0.6 is 0 Å². The quantitative estimate of drug-likeness (QED) is 0.470. The number of methoxy groups -OCH3 is 1. The van der Waals surface area contributed by atoms with Gasteiger partial charge in [0.1, 0.15) is 11.3 Å². The van der Waals surface area contributed by atoms with Crippen LogP contribution in [0.25, 0.3) is 0 Å². The van der Waals surface area contributed by atoms with Crippen LogP contribution in [0.15, 0.2) is 23.8 Å². The summed E-state index contributed by atoms with van der Waals surface area (Å²) in [5.74, 6) is -8.34. The normalized spacial score (nSPS) is 25.0. The summed E-state index contributed by atoms with van der Waals surface area (Å²) in [6.45, 7) is 0.286. The molecule has 35 heavy (non-hydrogen) atoms. The van der Waals surface area contributed by atoms with Crippen molar-refractivity contribution in [2.24, 2.45) is 5.73 Å². The molecule has 3 aliphatic rings. The molecule has 0 bridgehead atoms. The maximum Gasteiger partial charge on any atom is 0.348 e. The zero-order valence-corrected chi connectivity index (χ0v) is 19.0. The Hall–Kier alpha value is -3.28. The van der Waals surface area contributed by atoms with Crippen LogP contribution in [0.1, 0.15) is 44.1 Å². The maximum atomic E-state index is 14.9. The van der Waals surface area contributed by atoms with E-state index in [0.29, 0.717) is 24.6 Å². The largest absolute Gasteiger partial charge is 0.496 e. The number of carbonyl (C=O) groups is 3. The molecule has 1 saturated heterocycles. The molecule has 2 heterocycles. The average molecular weight is 498 g/mol. The van der Waals surface area contributed by atoms with E-state index in [-0.39, 0.29) is 50.1 Å². The van der Waals surface area contributed by atoms with E-state index in [1.807, 2.05) is 0 Å². The van der Waals surface area contributed by atoms with E-state index in [2.05, 4.69) is 0 Å². The van der Waals surface area contributed by atoms with Gasteiger partial charge in [-0.2, -0.15) is 0 Å².